The smallest absolute Gasteiger partial charge is 0.319 e. The lowest BCUT2D eigenvalue weighted by Gasteiger charge is -2.06. The predicted molar refractivity (Wildman–Crippen MR) is 65.0 cm³/mol. The first kappa shape index (κ1) is 12.8. The number of carbonyl (C=O) groups is 1. The Hall–Kier alpha value is -1.26. The minimum atomic E-state index is -0.268. The summed E-state index contributed by atoms with van der Waals surface area (Å²) in [6, 6.07) is 7.06. The number of alkyl halides is 1. The number of hydrogen-bond acceptors (Lipinski definition) is 2. The van der Waals surface area contributed by atoms with Crippen molar-refractivity contribution in [2.75, 3.05) is 24.3 Å². The number of nitrogens with one attached hydrogen (secondary N) is 2. The van der Waals surface area contributed by atoms with E-state index in [1.54, 1.807) is 12.1 Å². The van der Waals surface area contributed by atoms with Gasteiger partial charge in [0.1, 0.15) is 0 Å². The molecule has 0 spiro atoms. The van der Waals surface area contributed by atoms with Gasteiger partial charge in [0.05, 0.1) is 0 Å². The molecule has 4 nitrogen and oxygen atoms in total. The first-order valence-corrected chi connectivity index (χ1v) is 5.60. The van der Waals surface area contributed by atoms with Gasteiger partial charge in [0.15, 0.2) is 0 Å². The van der Waals surface area contributed by atoms with Gasteiger partial charge in [-0.25, -0.2) is 4.79 Å². The molecule has 2 amide bonds. The van der Waals surface area contributed by atoms with Crippen molar-refractivity contribution in [3.63, 3.8) is 0 Å². The molecule has 0 aliphatic rings. The number of carbonyl (C=O) groups excluding carboxylic acids is 1. The highest BCUT2D eigenvalue weighted by atomic mass is 35.5. The minimum Gasteiger partial charge on any atom is -0.396 e. The molecular weight excluding hydrogens is 228 g/mol. The van der Waals surface area contributed by atoms with Gasteiger partial charge in [0.2, 0.25) is 0 Å². The summed E-state index contributed by atoms with van der Waals surface area (Å²) >= 11 is 5.44. The lowest BCUT2D eigenvalue weighted by molar-refractivity contribution is 0.252. The zero-order valence-corrected chi connectivity index (χ0v) is 9.63. The molecule has 3 N–H and O–H groups in total. The zero-order chi connectivity index (χ0) is 11.8. The highest BCUT2D eigenvalue weighted by Crippen LogP contribution is 2.09. The van der Waals surface area contributed by atoms with Crippen LogP contribution in [0, 0.1) is 0 Å². The predicted octanol–water partition coefficient (Wildman–Crippen LogP) is 1.58. The van der Waals surface area contributed by atoms with Gasteiger partial charge in [-0.15, -0.1) is 11.6 Å². The number of amides is 2. The Bertz CT molecular complexity index is 327. The summed E-state index contributed by atoms with van der Waals surface area (Å²) in [4.78, 5) is 11.3. The second kappa shape index (κ2) is 7.09. The van der Waals surface area contributed by atoms with Crippen molar-refractivity contribution in [2.45, 2.75) is 6.42 Å². The van der Waals surface area contributed by atoms with E-state index in [0.29, 0.717) is 24.5 Å². The van der Waals surface area contributed by atoms with Crippen LogP contribution in [-0.4, -0.2) is 30.2 Å². The Balaban J connectivity index is 2.45. The fourth-order valence-electron chi connectivity index (χ4n) is 1.22. The molecule has 0 atom stereocenters. The molecule has 0 radical (unpaired) electrons. The number of rotatable bonds is 5. The lowest BCUT2D eigenvalue weighted by atomic mass is 10.1. The maximum atomic E-state index is 11.3. The van der Waals surface area contributed by atoms with Gasteiger partial charge in [0, 0.05) is 24.7 Å². The van der Waals surface area contributed by atoms with E-state index in [1.807, 2.05) is 12.1 Å². The number of urea groups is 1. The van der Waals surface area contributed by atoms with Crippen LogP contribution in [-0.2, 0) is 6.42 Å². The van der Waals surface area contributed by atoms with Crippen LogP contribution >= 0.6 is 11.6 Å². The number of halogens is 1. The topological polar surface area (TPSA) is 61.4 Å². The molecule has 0 aromatic heterocycles. The third kappa shape index (κ3) is 4.51. The van der Waals surface area contributed by atoms with Crippen molar-refractivity contribution in [2.24, 2.45) is 0 Å². The fourth-order valence-corrected chi connectivity index (χ4v) is 1.31. The monoisotopic (exact) mass is 242 g/mol. The fraction of sp³-hybridized carbons (Fsp3) is 0.364. The van der Waals surface area contributed by atoms with Crippen LogP contribution in [0.3, 0.4) is 0 Å². The molecule has 1 aromatic carbocycles. The Morgan fingerprint density at radius 2 is 2.00 bits per heavy atom. The van der Waals surface area contributed by atoms with Crippen LogP contribution < -0.4 is 10.6 Å². The molecular formula is C11H15ClN2O2. The molecule has 1 rings (SSSR count). The molecule has 0 aliphatic carbocycles. The second-order valence-electron chi connectivity index (χ2n) is 3.24. The molecule has 0 saturated heterocycles. The lowest BCUT2D eigenvalue weighted by Crippen LogP contribution is -2.30. The van der Waals surface area contributed by atoms with Crippen LogP contribution in [0.2, 0.25) is 0 Å². The van der Waals surface area contributed by atoms with Gasteiger partial charge < -0.3 is 15.7 Å². The number of hydrogen-bond donors (Lipinski definition) is 3. The van der Waals surface area contributed by atoms with E-state index in [4.69, 9.17) is 16.7 Å². The number of benzene rings is 1. The largest absolute Gasteiger partial charge is 0.396 e. The van der Waals surface area contributed by atoms with Crippen molar-refractivity contribution in [3.05, 3.63) is 29.8 Å². The normalized spacial score (nSPS) is 9.88. The average molecular weight is 243 g/mol. The molecule has 0 bridgehead atoms. The second-order valence-corrected chi connectivity index (χ2v) is 3.62. The third-order valence-electron chi connectivity index (χ3n) is 1.99. The summed E-state index contributed by atoms with van der Waals surface area (Å²) in [6.45, 7) is 0.568. The summed E-state index contributed by atoms with van der Waals surface area (Å²) in [7, 11) is 0. The van der Waals surface area contributed by atoms with E-state index >= 15 is 0 Å². The first-order chi connectivity index (χ1) is 7.76. The SMILES string of the molecule is O=C(NCCCl)Nc1ccc(CCO)cc1. The molecule has 1 aromatic rings. The van der Waals surface area contributed by atoms with E-state index < -0.39 is 0 Å². The van der Waals surface area contributed by atoms with Gasteiger partial charge in [-0.3, -0.25) is 0 Å². The summed E-state index contributed by atoms with van der Waals surface area (Å²) in [5.74, 6) is 0.392. The molecule has 0 saturated carbocycles. The molecule has 0 unspecified atom stereocenters. The summed E-state index contributed by atoms with van der Waals surface area (Å²) < 4.78 is 0. The molecule has 5 heteroatoms. The Labute approximate surface area is 99.6 Å². The van der Waals surface area contributed by atoms with Crippen LogP contribution in [0.25, 0.3) is 0 Å². The maximum absolute atomic E-state index is 11.3. The van der Waals surface area contributed by atoms with E-state index in [-0.39, 0.29) is 12.6 Å². The van der Waals surface area contributed by atoms with Gasteiger partial charge in [-0.1, -0.05) is 12.1 Å². The molecule has 88 valence electrons. The number of aliphatic hydroxyl groups excluding tert-OH is 1. The minimum absolute atomic E-state index is 0.128. The van der Waals surface area contributed by atoms with Gasteiger partial charge in [-0.05, 0) is 24.1 Å². The summed E-state index contributed by atoms with van der Waals surface area (Å²) in [6.07, 6.45) is 0.624. The van der Waals surface area contributed by atoms with Crippen LogP contribution in [0.15, 0.2) is 24.3 Å². The number of anilines is 1. The van der Waals surface area contributed by atoms with Gasteiger partial charge in [-0.2, -0.15) is 0 Å². The standard InChI is InChI=1S/C11H15ClN2O2/c12-6-7-13-11(16)14-10-3-1-9(2-4-10)5-8-15/h1-4,15H,5-8H2,(H2,13,14,16). The van der Waals surface area contributed by atoms with Crippen LogP contribution in [0.5, 0.6) is 0 Å². The molecule has 0 heterocycles. The van der Waals surface area contributed by atoms with Crippen molar-refractivity contribution < 1.29 is 9.90 Å². The molecule has 16 heavy (non-hydrogen) atoms. The van der Waals surface area contributed by atoms with E-state index in [0.717, 1.165) is 5.56 Å². The number of aliphatic hydroxyl groups is 1. The van der Waals surface area contributed by atoms with E-state index in [1.165, 1.54) is 0 Å². The van der Waals surface area contributed by atoms with Gasteiger partial charge >= 0.3 is 6.03 Å². The highest BCUT2D eigenvalue weighted by molar-refractivity contribution is 6.18. The zero-order valence-electron chi connectivity index (χ0n) is 8.87. The average Bonchev–Trinajstić information content (AvgIpc) is 2.29. The first-order valence-electron chi connectivity index (χ1n) is 5.07. The molecule has 0 aliphatic heterocycles. The van der Waals surface area contributed by atoms with Crippen LogP contribution in [0.4, 0.5) is 10.5 Å². The quantitative estimate of drug-likeness (QED) is 0.687. The Morgan fingerprint density at radius 3 is 2.56 bits per heavy atom. The van der Waals surface area contributed by atoms with Crippen molar-refractivity contribution >= 4 is 23.3 Å². The van der Waals surface area contributed by atoms with Crippen molar-refractivity contribution in [1.29, 1.82) is 0 Å². The highest BCUT2D eigenvalue weighted by Gasteiger charge is 2.00. The third-order valence-corrected chi connectivity index (χ3v) is 2.18. The van der Waals surface area contributed by atoms with Gasteiger partial charge in [0.25, 0.3) is 0 Å². The Morgan fingerprint density at radius 1 is 1.31 bits per heavy atom. The van der Waals surface area contributed by atoms with E-state index in [9.17, 15) is 4.79 Å². The van der Waals surface area contributed by atoms with Crippen LogP contribution in [0.1, 0.15) is 5.56 Å². The summed E-state index contributed by atoms with van der Waals surface area (Å²) in [5, 5.41) is 14.0. The maximum Gasteiger partial charge on any atom is 0.319 e. The van der Waals surface area contributed by atoms with Crippen molar-refractivity contribution in [3.8, 4) is 0 Å². The van der Waals surface area contributed by atoms with E-state index in [2.05, 4.69) is 10.6 Å². The Kier molecular flexibility index (Phi) is 5.67. The molecule has 0 fully saturated rings. The van der Waals surface area contributed by atoms with Crippen molar-refractivity contribution in [1.82, 2.24) is 5.32 Å². The summed E-state index contributed by atoms with van der Waals surface area (Å²) in [5.41, 5.74) is 1.75.